The van der Waals surface area contributed by atoms with Gasteiger partial charge in [0.25, 0.3) is 0 Å². The van der Waals surface area contributed by atoms with Crippen molar-refractivity contribution in [2.75, 3.05) is 7.11 Å². The van der Waals surface area contributed by atoms with Gasteiger partial charge in [0, 0.05) is 10.8 Å². The number of hydrogen-bond acceptors (Lipinski definition) is 5. The van der Waals surface area contributed by atoms with E-state index in [4.69, 9.17) is 4.74 Å². The number of fused-ring (bicyclic) bond motifs is 6. The summed E-state index contributed by atoms with van der Waals surface area (Å²) in [5.74, 6) is -0.832. The Labute approximate surface area is 184 Å². The zero-order chi connectivity index (χ0) is 23.4. The predicted molar refractivity (Wildman–Crippen MR) is 116 cm³/mol. The van der Waals surface area contributed by atoms with E-state index in [9.17, 15) is 19.2 Å². The van der Waals surface area contributed by atoms with E-state index in [-0.39, 0.29) is 34.4 Å². The molecule has 2 fully saturated rings. The molecule has 0 aromatic carbocycles. The van der Waals surface area contributed by atoms with Crippen LogP contribution in [0.1, 0.15) is 67.7 Å². The Morgan fingerprint density at radius 1 is 1.03 bits per heavy atom. The molecule has 4 aliphatic carbocycles. The van der Waals surface area contributed by atoms with Gasteiger partial charge in [-0.05, 0) is 74.3 Å². The van der Waals surface area contributed by atoms with Crippen LogP contribution in [0.4, 0.5) is 0 Å². The van der Waals surface area contributed by atoms with Gasteiger partial charge < -0.3 is 4.74 Å². The van der Waals surface area contributed by atoms with Crippen molar-refractivity contribution in [2.45, 2.75) is 67.7 Å². The molecular weight excluding hydrogens is 392 g/mol. The number of rotatable bonds is 1. The Kier molecular flexibility index (Phi) is 4.33. The van der Waals surface area contributed by atoms with Gasteiger partial charge in [0.2, 0.25) is 0 Å². The number of carbonyl (C=O) groups is 4. The van der Waals surface area contributed by atoms with Crippen molar-refractivity contribution in [3.8, 4) is 0 Å². The number of ketones is 3. The summed E-state index contributed by atoms with van der Waals surface area (Å²) in [7, 11) is 1.27. The van der Waals surface area contributed by atoms with Crippen LogP contribution in [0.25, 0.3) is 0 Å². The minimum absolute atomic E-state index is 0.0215. The van der Waals surface area contributed by atoms with Crippen molar-refractivity contribution >= 4 is 23.3 Å². The molecule has 4 aliphatic rings. The topological polar surface area (TPSA) is 77.5 Å². The van der Waals surface area contributed by atoms with Gasteiger partial charge in [-0.15, -0.1) is 0 Å². The smallest absolute Gasteiger partial charge is 0.341 e. The van der Waals surface area contributed by atoms with Crippen LogP contribution in [0, 0.1) is 38.9 Å². The second kappa shape index (κ2) is 6.05. The van der Waals surface area contributed by atoms with Crippen LogP contribution in [0.5, 0.6) is 0 Å². The fraction of sp³-hybridized carbons (Fsp3) is 0.692. The van der Waals surface area contributed by atoms with E-state index in [0.717, 1.165) is 6.42 Å². The molecule has 2 bridgehead atoms. The molecule has 6 atom stereocenters. The number of carbonyl (C=O) groups excluding carboxylic acids is 4. The minimum atomic E-state index is -1.30. The fourth-order valence-corrected chi connectivity index (χ4v) is 7.96. The summed E-state index contributed by atoms with van der Waals surface area (Å²) < 4.78 is 4.96. The number of Topliss-reactive ketones (excluding diaryl/α,β-unsaturated/α-hetero) is 2. The van der Waals surface area contributed by atoms with E-state index in [2.05, 4.69) is 19.9 Å². The van der Waals surface area contributed by atoms with Gasteiger partial charge in [0.1, 0.15) is 5.57 Å². The Morgan fingerprint density at radius 3 is 2.23 bits per heavy atom. The maximum Gasteiger partial charge on any atom is 0.341 e. The average molecular weight is 427 g/mol. The highest BCUT2D eigenvalue weighted by Gasteiger charge is 2.74. The molecule has 0 aromatic rings. The van der Waals surface area contributed by atoms with Crippen molar-refractivity contribution in [3.63, 3.8) is 0 Å². The van der Waals surface area contributed by atoms with Crippen molar-refractivity contribution in [1.29, 1.82) is 0 Å². The van der Waals surface area contributed by atoms with Crippen LogP contribution in [-0.2, 0) is 23.9 Å². The van der Waals surface area contributed by atoms with Gasteiger partial charge >= 0.3 is 5.97 Å². The van der Waals surface area contributed by atoms with Crippen LogP contribution in [0.3, 0.4) is 0 Å². The molecule has 168 valence electrons. The van der Waals surface area contributed by atoms with Gasteiger partial charge in [0.05, 0.1) is 12.5 Å². The Hall–Kier alpha value is -2.04. The zero-order valence-electron chi connectivity index (χ0n) is 20.0. The molecule has 5 nitrogen and oxygen atoms in total. The van der Waals surface area contributed by atoms with Gasteiger partial charge in [0.15, 0.2) is 17.3 Å². The highest BCUT2D eigenvalue weighted by atomic mass is 16.5. The van der Waals surface area contributed by atoms with E-state index in [1.165, 1.54) is 7.11 Å². The number of ether oxygens (including phenoxy) is 1. The van der Waals surface area contributed by atoms with Gasteiger partial charge in [-0.25, -0.2) is 4.79 Å². The normalized spacial score (nSPS) is 45.9. The summed E-state index contributed by atoms with van der Waals surface area (Å²) in [6.07, 6.45) is 5.74. The van der Waals surface area contributed by atoms with Crippen LogP contribution in [0.2, 0.25) is 0 Å². The second-order valence-corrected chi connectivity index (χ2v) is 11.7. The molecule has 2 saturated carbocycles. The SMILES string of the molecule is COC(=O)C1=C(C)[C@@]2(C)C[C@@H]3[C@@]4(C)C=CC(=O)C(C)(C)[C@@H]4CC[C@@]3(C)[C@@](C)(C1=O)C2=O. The molecular formula is C26H34O5. The minimum Gasteiger partial charge on any atom is -0.465 e. The highest BCUT2D eigenvalue weighted by molar-refractivity contribution is 6.30. The zero-order valence-corrected chi connectivity index (χ0v) is 20.0. The van der Waals surface area contributed by atoms with Crippen LogP contribution in [0.15, 0.2) is 23.3 Å². The summed E-state index contributed by atoms with van der Waals surface area (Å²) in [5, 5.41) is 0. The molecule has 0 aromatic heterocycles. The number of esters is 1. The van der Waals surface area contributed by atoms with Gasteiger partial charge in [-0.3, -0.25) is 14.4 Å². The van der Waals surface area contributed by atoms with E-state index >= 15 is 0 Å². The third-order valence-corrected chi connectivity index (χ3v) is 10.3. The first-order valence-electron chi connectivity index (χ1n) is 11.3. The number of hydrogen-bond donors (Lipinski definition) is 0. The molecule has 0 aliphatic heterocycles. The lowest BCUT2D eigenvalue weighted by Crippen LogP contribution is -2.70. The van der Waals surface area contributed by atoms with Crippen molar-refractivity contribution in [3.05, 3.63) is 23.3 Å². The summed E-state index contributed by atoms with van der Waals surface area (Å²) in [5.41, 5.74) is -3.08. The molecule has 0 unspecified atom stereocenters. The van der Waals surface area contributed by atoms with E-state index < -0.39 is 33.4 Å². The maximum atomic E-state index is 14.0. The van der Waals surface area contributed by atoms with E-state index in [0.29, 0.717) is 18.4 Å². The van der Waals surface area contributed by atoms with Gasteiger partial charge in [-0.1, -0.05) is 33.8 Å². The quantitative estimate of drug-likeness (QED) is 0.356. The monoisotopic (exact) mass is 426 g/mol. The van der Waals surface area contributed by atoms with Crippen LogP contribution < -0.4 is 0 Å². The molecule has 0 heterocycles. The average Bonchev–Trinajstić information content (AvgIpc) is 2.70. The molecule has 0 radical (unpaired) electrons. The lowest BCUT2D eigenvalue weighted by molar-refractivity contribution is -0.193. The number of allylic oxidation sites excluding steroid dienone is 3. The van der Waals surface area contributed by atoms with E-state index in [1.807, 2.05) is 20.8 Å². The Bertz CT molecular complexity index is 999. The van der Waals surface area contributed by atoms with Gasteiger partial charge in [-0.2, -0.15) is 0 Å². The Morgan fingerprint density at radius 2 is 1.65 bits per heavy atom. The van der Waals surface area contributed by atoms with Crippen molar-refractivity contribution in [1.82, 2.24) is 0 Å². The number of methoxy groups -OCH3 is 1. The lowest BCUT2D eigenvalue weighted by atomic mass is 9.33. The van der Waals surface area contributed by atoms with Crippen LogP contribution >= 0.6 is 0 Å². The molecule has 0 amide bonds. The molecule has 5 heteroatoms. The fourth-order valence-electron chi connectivity index (χ4n) is 7.96. The largest absolute Gasteiger partial charge is 0.465 e. The third kappa shape index (κ3) is 2.23. The summed E-state index contributed by atoms with van der Waals surface area (Å²) in [6.45, 7) is 13.7. The van der Waals surface area contributed by atoms with E-state index in [1.54, 1.807) is 19.9 Å². The van der Waals surface area contributed by atoms with Crippen molar-refractivity contribution in [2.24, 2.45) is 38.9 Å². The summed E-state index contributed by atoms with van der Waals surface area (Å²) in [6, 6.07) is 0. The van der Waals surface area contributed by atoms with Crippen LogP contribution in [-0.4, -0.2) is 30.4 Å². The molecule has 4 rings (SSSR count). The first-order valence-corrected chi connectivity index (χ1v) is 11.3. The molecule has 0 spiro atoms. The lowest BCUT2D eigenvalue weighted by Gasteiger charge is -2.69. The third-order valence-electron chi connectivity index (χ3n) is 10.3. The first-order chi connectivity index (χ1) is 14.1. The molecule has 0 N–H and O–H groups in total. The first kappa shape index (κ1) is 22.2. The molecule has 0 saturated heterocycles. The highest BCUT2D eigenvalue weighted by Crippen LogP contribution is 2.73. The standard InChI is InChI=1S/C26H34O5/c1-14-18(20(29)31-8)19(28)26(7)21(30)24(14,5)13-16-23(4)11-10-17(27)22(2,3)15(23)9-12-25(16,26)6/h10-11,15-16H,9,12-13H2,1-8H3/t15-,16+,23-,24+,25+,26-/m0/s1. The van der Waals surface area contributed by atoms with Crippen molar-refractivity contribution < 1.29 is 23.9 Å². The molecule has 31 heavy (non-hydrogen) atoms. The summed E-state index contributed by atoms with van der Waals surface area (Å²) >= 11 is 0. The summed E-state index contributed by atoms with van der Waals surface area (Å²) in [4.78, 5) is 53.2. The second-order valence-electron chi connectivity index (χ2n) is 11.7. The Balaban J connectivity index is 1.99. The predicted octanol–water partition coefficient (Wildman–Crippen LogP) is 4.25. The maximum absolute atomic E-state index is 14.0.